The van der Waals surface area contributed by atoms with Crippen LogP contribution >= 0.6 is 27.5 Å². The molecule has 0 saturated carbocycles. The highest BCUT2D eigenvalue weighted by Gasteiger charge is 2.18. The zero-order chi connectivity index (χ0) is 14.1. The van der Waals surface area contributed by atoms with Gasteiger partial charge < -0.3 is 10.1 Å². The third kappa shape index (κ3) is 6.38. The number of aromatic nitrogens is 2. The number of nitro groups is 1. The number of hydrogen-bond donors (Lipinski definition) is 0. The summed E-state index contributed by atoms with van der Waals surface area (Å²) in [5, 5.41) is 15.6. The Kier molecular flexibility index (Phi) is 8.05. The minimum absolute atomic E-state index is 0.111. The zero-order valence-electron chi connectivity index (χ0n) is 10.9. The van der Waals surface area contributed by atoms with Gasteiger partial charge in [-0.1, -0.05) is 59.6 Å². The molecule has 0 spiro atoms. The Hall–Kier alpha value is -0.620. The van der Waals surface area contributed by atoms with Crippen molar-refractivity contribution >= 4 is 33.3 Å². The van der Waals surface area contributed by atoms with Crippen molar-refractivity contribution in [2.45, 2.75) is 51.5 Å². The summed E-state index contributed by atoms with van der Waals surface area (Å²) in [5.41, 5.74) is 0. The molecule has 1 rings (SSSR count). The average molecular weight is 353 g/mol. The van der Waals surface area contributed by atoms with Crippen molar-refractivity contribution in [1.29, 1.82) is 0 Å². The van der Waals surface area contributed by atoms with Gasteiger partial charge in [0.2, 0.25) is 0 Å². The number of halogens is 2. The molecule has 108 valence electrons. The first-order valence-corrected chi connectivity index (χ1v) is 8.08. The van der Waals surface area contributed by atoms with Gasteiger partial charge >= 0.3 is 5.82 Å². The summed E-state index contributed by atoms with van der Waals surface area (Å²) in [6.45, 7) is 0.689. The van der Waals surface area contributed by atoms with Gasteiger partial charge in [0.25, 0.3) is 0 Å². The highest BCUT2D eigenvalue weighted by molar-refractivity contribution is 9.09. The van der Waals surface area contributed by atoms with Crippen LogP contribution in [-0.2, 0) is 6.54 Å². The first-order chi connectivity index (χ1) is 9.15. The second-order valence-electron chi connectivity index (χ2n) is 4.48. The van der Waals surface area contributed by atoms with Gasteiger partial charge in [-0.05, 0) is 17.8 Å². The number of alkyl halides is 1. The van der Waals surface area contributed by atoms with Gasteiger partial charge in [-0.2, -0.15) is 4.68 Å². The number of nitrogens with zero attached hydrogens (tertiary/aromatic N) is 3. The summed E-state index contributed by atoms with van der Waals surface area (Å²) in [6, 6.07) is 0. The number of hydrogen-bond acceptors (Lipinski definition) is 3. The largest absolute Gasteiger partial charge is 0.408 e. The maximum Gasteiger partial charge on any atom is 0.408 e. The molecule has 0 atom stereocenters. The van der Waals surface area contributed by atoms with Gasteiger partial charge in [0.1, 0.15) is 0 Å². The second kappa shape index (κ2) is 9.31. The van der Waals surface area contributed by atoms with Gasteiger partial charge in [-0.25, -0.2) is 0 Å². The standard InChI is InChI=1S/C12H19BrClN3O2/c13-8-6-4-2-1-3-5-7-9-16-10-11(14)12(15-16)17(18)19/h10H,1-9H2. The molecule has 1 aromatic rings. The molecule has 0 aromatic carbocycles. The van der Waals surface area contributed by atoms with Crippen LogP contribution in [0.4, 0.5) is 5.82 Å². The minimum Gasteiger partial charge on any atom is -0.358 e. The fourth-order valence-electron chi connectivity index (χ4n) is 1.88. The van der Waals surface area contributed by atoms with E-state index in [-0.39, 0.29) is 10.8 Å². The maximum atomic E-state index is 10.6. The normalized spacial score (nSPS) is 10.8. The molecule has 5 nitrogen and oxygen atoms in total. The lowest BCUT2D eigenvalue weighted by Crippen LogP contribution is -1.99. The van der Waals surface area contributed by atoms with E-state index >= 15 is 0 Å². The lowest BCUT2D eigenvalue weighted by atomic mass is 10.1. The SMILES string of the molecule is O=[N+]([O-])c1nn(CCCCCCCCCBr)cc1Cl. The van der Waals surface area contributed by atoms with Crippen LogP contribution in [0.15, 0.2) is 6.20 Å². The van der Waals surface area contributed by atoms with Crippen molar-refractivity contribution < 1.29 is 4.92 Å². The lowest BCUT2D eigenvalue weighted by Gasteiger charge is -2.00. The molecule has 0 amide bonds. The topological polar surface area (TPSA) is 61.0 Å². The van der Waals surface area contributed by atoms with E-state index in [9.17, 15) is 10.1 Å². The van der Waals surface area contributed by atoms with Crippen molar-refractivity contribution in [2.24, 2.45) is 0 Å². The third-order valence-corrected chi connectivity index (χ3v) is 3.72. The van der Waals surface area contributed by atoms with Crippen LogP contribution in [0.5, 0.6) is 0 Å². The molecule has 7 heteroatoms. The Morgan fingerprint density at radius 1 is 1.21 bits per heavy atom. The third-order valence-electron chi connectivity index (χ3n) is 2.89. The highest BCUT2D eigenvalue weighted by Crippen LogP contribution is 2.21. The summed E-state index contributed by atoms with van der Waals surface area (Å²) < 4.78 is 1.56. The molecule has 0 unspecified atom stereocenters. The van der Waals surface area contributed by atoms with E-state index in [1.165, 1.54) is 38.3 Å². The lowest BCUT2D eigenvalue weighted by molar-refractivity contribution is -0.389. The van der Waals surface area contributed by atoms with Crippen molar-refractivity contribution in [3.63, 3.8) is 0 Å². The predicted molar refractivity (Wildman–Crippen MR) is 80.0 cm³/mol. The van der Waals surface area contributed by atoms with E-state index in [2.05, 4.69) is 21.0 Å². The molecule has 0 aliphatic heterocycles. The highest BCUT2D eigenvalue weighted by atomic mass is 79.9. The zero-order valence-corrected chi connectivity index (χ0v) is 13.2. The summed E-state index contributed by atoms with van der Waals surface area (Å²) >= 11 is 9.14. The van der Waals surface area contributed by atoms with Gasteiger partial charge in [0.05, 0.1) is 17.8 Å². The van der Waals surface area contributed by atoms with Crippen LogP contribution in [0, 0.1) is 10.1 Å². The summed E-state index contributed by atoms with van der Waals surface area (Å²) in [5.74, 6) is -0.253. The monoisotopic (exact) mass is 351 g/mol. The second-order valence-corrected chi connectivity index (χ2v) is 5.68. The van der Waals surface area contributed by atoms with Gasteiger partial charge in [-0.3, -0.25) is 0 Å². The first-order valence-electron chi connectivity index (χ1n) is 6.58. The summed E-state index contributed by atoms with van der Waals surface area (Å²) in [4.78, 5) is 10.0. The Labute approximate surface area is 126 Å². The average Bonchev–Trinajstić information content (AvgIpc) is 2.74. The first kappa shape index (κ1) is 16.4. The van der Waals surface area contributed by atoms with E-state index in [4.69, 9.17) is 11.6 Å². The molecule has 0 N–H and O–H groups in total. The maximum absolute atomic E-state index is 10.6. The number of unbranched alkanes of at least 4 members (excludes halogenated alkanes) is 6. The molecule has 0 radical (unpaired) electrons. The van der Waals surface area contributed by atoms with Crippen molar-refractivity contribution in [2.75, 3.05) is 5.33 Å². The summed E-state index contributed by atoms with van der Waals surface area (Å²) in [7, 11) is 0. The molecule has 1 heterocycles. The molecule has 0 fully saturated rings. The fraction of sp³-hybridized carbons (Fsp3) is 0.750. The molecule has 1 aromatic heterocycles. The Bertz CT molecular complexity index is 398. The van der Waals surface area contributed by atoms with Crippen LogP contribution in [0.2, 0.25) is 5.02 Å². The number of rotatable bonds is 10. The Balaban J connectivity index is 2.12. The van der Waals surface area contributed by atoms with Crippen LogP contribution in [0.3, 0.4) is 0 Å². The van der Waals surface area contributed by atoms with E-state index in [0.29, 0.717) is 6.54 Å². The predicted octanol–water partition coefficient (Wildman–Crippen LogP) is 4.57. The van der Waals surface area contributed by atoms with Crippen molar-refractivity contribution in [3.8, 4) is 0 Å². The molecule has 0 bridgehead atoms. The molecule has 0 saturated heterocycles. The minimum atomic E-state index is -0.553. The van der Waals surface area contributed by atoms with Crippen LogP contribution < -0.4 is 0 Å². The van der Waals surface area contributed by atoms with Gasteiger partial charge in [-0.15, -0.1) is 0 Å². The van der Waals surface area contributed by atoms with Crippen LogP contribution in [0.1, 0.15) is 44.9 Å². The van der Waals surface area contributed by atoms with Crippen LogP contribution in [0.25, 0.3) is 0 Å². The van der Waals surface area contributed by atoms with Crippen LogP contribution in [-0.4, -0.2) is 20.0 Å². The quantitative estimate of drug-likeness (QED) is 0.268. The summed E-state index contributed by atoms with van der Waals surface area (Å²) in [6.07, 6.45) is 9.90. The smallest absolute Gasteiger partial charge is 0.358 e. The molecule has 0 aliphatic rings. The van der Waals surface area contributed by atoms with E-state index < -0.39 is 4.92 Å². The van der Waals surface area contributed by atoms with Crippen molar-refractivity contribution in [3.05, 3.63) is 21.3 Å². The number of aryl methyl sites for hydroxylation is 1. The molecular formula is C12H19BrClN3O2. The van der Waals surface area contributed by atoms with Gasteiger partial charge in [0.15, 0.2) is 5.02 Å². The molecule has 19 heavy (non-hydrogen) atoms. The van der Waals surface area contributed by atoms with E-state index in [0.717, 1.165) is 18.2 Å². The van der Waals surface area contributed by atoms with Gasteiger partial charge in [0, 0.05) is 5.33 Å². The Morgan fingerprint density at radius 3 is 2.32 bits per heavy atom. The molecule has 0 aliphatic carbocycles. The fourth-order valence-corrected chi connectivity index (χ4v) is 2.49. The Morgan fingerprint density at radius 2 is 1.79 bits per heavy atom. The van der Waals surface area contributed by atoms with E-state index in [1.54, 1.807) is 4.68 Å². The van der Waals surface area contributed by atoms with E-state index in [1.807, 2.05) is 0 Å². The molecular weight excluding hydrogens is 334 g/mol. The van der Waals surface area contributed by atoms with Crippen molar-refractivity contribution in [1.82, 2.24) is 9.78 Å².